The number of nitrogens with two attached hydrogens (primary N) is 1. The predicted octanol–water partition coefficient (Wildman–Crippen LogP) is 0.781. The second-order valence-corrected chi connectivity index (χ2v) is 4.86. The van der Waals surface area contributed by atoms with Gasteiger partial charge in [0.1, 0.15) is 0 Å². The molecule has 4 nitrogen and oxygen atoms in total. The van der Waals surface area contributed by atoms with Crippen molar-refractivity contribution in [1.29, 1.82) is 0 Å². The average Bonchev–Trinajstić information content (AvgIpc) is 2.26. The predicted molar refractivity (Wildman–Crippen MR) is 63.9 cm³/mol. The monoisotopic (exact) mass is 228 g/mol. The average molecular weight is 228 g/mol. The molecule has 4 N–H and O–H groups in total. The molecule has 94 valence electrons. The molecule has 0 heterocycles. The minimum Gasteiger partial charge on any atom is -0.393 e. The summed E-state index contributed by atoms with van der Waals surface area (Å²) in [5.41, 5.74) is 5.70. The smallest absolute Gasteiger partial charge is 0.221 e. The molecule has 0 radical (unpaired) electrons. The Morgan fingerprint density at radius 2 is 2.31 bits per heavy atom. The van der Waals surface area contributed by atoms with Crippen LogP contribution < -0.4 is 11.1 Å². The third kappa shape index (κ3) is 4.94. The van der Waals surface area contributed by atoms with Crippen LogP contribution >= 0.6 is 0 Å². The van der Waals surface area contributed by atoms with Gasteiger partial charge in [-0.05, 0) is 31.6 Å². The van der Waals surface area contributed by atoms with E-state index in [-0.39, 0.29) is 18.1 Å². The second kappa shape index (κ2) is 6.86. The Morgan fingerprint density at radius 3 is 2.94 bits per heavy atom. The van der Waals surface area contributed by atoms with Gasteiger partial charge in [-0.1, -0.05) is 13.3 Å². The van der Waals surface area contributed by atoms with Crippen LogP contribution in [0.1, 0.15) is 45.4 Å². The number of carbonyl (C=O) groups is 1. The zero-order valence-corrected chi connectivity index (χ0v) is 10.1. The van der Waals surface area contributed by atoms with Gasteiger partial charge < -0.3 is 16.2 Å². The molecule has 0 bridgehead atoms. The first kappa shape index (κ1) is 13.5. The molecule has 0 aliphatic heterocycles. The first-order chi connectivity index (χ1) is 7.61. The molecule has 0 aromatic rings. The van der Waals surface area contributed by atoms with Gasteiger partial charge >= 0.3 is 0 Å². The largest absolute Gasteiger partial charge is 0.393 e. The van der Waals surface area contributed by atoms with E-state index in [0.29, 0.717) is 18.9 Å². The van der Waals surface area contributed by atoms with Gasteiger partial charge in [0.25, 0.3) is 0 Å². The number of carbonyl (C=O) groups excluding carboxylic acids is 1. The fraction of sp³-hybridized carbons (Fsp3) is 0.917. The first-order valence-corrected chi connectivity index (χ1v) is 6.32. The van der Waals surface area contributed by atoms with E-state index in [0.717, 1.165) is 32.1 Å². The van der Waals surface area contributed by atoms with Crippen LogP contribution in [0.4, 0.5) is 0 Å². The number of nitrogens with one attached hydrogen (secondary N) is 1. The van der Waals surface area contributed by atoms with Gasteiger partial charge in [0.15, 0.2) is 0 Å². The lowest BCUT2D eigenvalue weighted by Gasteiger charge is -2.26. The maximum absolute atomic E-state index is 11.5. The van der Waals surface area contributed by atoms with Crippen LogP contribution in [-0.4, -0.2) is 29.7 Å². The Kier molecular flexibility index (Phi) is 5.77. The summed E-state index contributed by atoms with van der Waals surface area (Å²) in [5.74, 6) is 0.472. The number of hydrogen-bond acceptors (Lipinski definition) is 3. The van der Waals surface area contributed by atoms with Crippen LogP contribution in [0.25, 0.3) is 0 Å². The van der Waals surface area contributed by atoms with E-state index in [9.17, 15) is 9.90 Å². The number of aliphatic hydroxyl groups excluding tert-OH is 1. The lowest BCUT2D eigenvalue weighted by molar-refractivity contribution is -0.121. The van der Waals surface area contributed by atoms with E-state index in [1.165, 1.54) is 0 Å². The molecule has 1 amide bonds. The van der Waals surface area contributed by atoms with Gasteiger partial charge in [-0.3, -0.25) is 4.79 Å². The van der Waals surface area contributed by atoms with Crippen molar-refractivity contribution in [2.24, 2.45) is 11.7 Å². The van der Waals surface area contributed by atoms with Crippen LogP contribution in [0, 0.1) is 5.92 Å². The summed E-state index contributed by atoms with van der Waals surface area (Å²) in [4.78, 5) is 11.5. The van der Waals surface area contributed by atoms with E-state index >= 15 is 0 Å². The van der Waals surface area contributed by atoms with Gasteiger partial charge in [-0.15, -0.1) is 0 Å². The molecule has 0 spiro atoms. The van der Waals surface area contributed by atoms with Gasteiger partial charge in [-0.25, -0.2) is 0 Å². The highest BCUT2D eigenvalue weighted by molar-refractivity contribution is 5.76. The van der Waals surface area contributed by atoms with E-state index < -0.39 is 0 Å². The van der Waals surface area contributed by atoms with Crippen LogP contribution in [0.15, 0.2) is 0 Å². The van der Waals surface area contributed by atoms with Gasteiger partial charge in [0.2, 0.25) is 5.91 Å². The Bertz CT molecular complexity index is 221. The third-order valence-electron chi connectivity index (χ3n) is 3.31. The summed E-state index contributed by atoms with van der Waals surface area (Å²) in [6, 6.07) is -0.0306. The topological polar surface area (TPSA) is 75.4 Å². The number of aliphatic hydroxyl groups is 1. The number of rotatable bonds is 5. The molecular formula is C12H24N2O2. The molecule has 0 aromatic carbocycles. The highest BCUT2D eigenvalue weighted by atomic mass is 16.3. The van der Waals surface area contributed by atoms with Crippen molar-refractivity contribution < 1.29 is 9.90 Å². The molecule has 0 saturated heterocycles. The standard InChI is InChI=1S/C12H24N2O2/c1-2-10(13)7-12(16)14-8-9-4-3-5-11(15)6-9/h9-11,15H,2-8,13H2,1H3,(H,14,16). The number of amides is 1. The van der Waals surface area contributed by atoms with Gasteiger partial charge in [-0.2, -0.15) is 0 Å². The molecule has 1 rings (SSSR count). The minimum atomic E-state index is -0.173. The summed E-state index contributed by atoms with van der Waals surface area (Å²) >= 11 is 0. The summed E-state index contributed by atoms with van der Waals surface area (Å²) < 4.78 is 0. The van der Waals surface area contributed by atoms with Crippen molar-refractivity contribution in [2.75, 3.05) is 6.54 Å². The summed E-state index contributed by atoms with van der Waals surface area (Å²) in [5, 5.41) is 12.4. The Balaban J connectivity index is 2.15. The molecule has 3 unspecified atom stereocenters. The Labute approximate surface area is 97.6 Å². The molecule has 1 aliphatic rings. The van der Waals surface area contributed by atoms with Gasteiger partial charge in [0, 0.05) is 19.0 Å². The second-order valence-electron chi connectivity index (χ2n) is 4.86. The van der Waals surface area contributed by atoms with Crippen molar-refractivity contribution in [2.45, 2.75) is 57.6 Å². The number of hydrogen-bond donors (Lipinski definition) is 3. The highest BCUT2D eigenvalue weighted by Gasteiger charge is 2.20. The van der Waals surface area contributed by atoms with E-state index in [2.05, 4.69) is 5.32 Å². The van der Waals surface area contributed by atoms with E-state index in [4.69, 9.17) is 5.73 Å². The molecule has 1 aliphatic carbocycles. The first-order valence-electron chi connectivity index (χ1n) is 6.32. The lowest BCUT2D eigenvalue weighted by atomic mass is 9.87. The molecule has 16 heavy (non-hydrogen) atoms. The molecule has 4 heteroatoms. The van der Waals surface area contributed by atoms with Crippen molar-refractivity contribution in [3.05, 3.63) is 0 Å². The van der Waals surface area contributed by atoms with E-state index in [1.807, 2.05) is 6.92 Å². The Hall–Kier alpha value is -0.610. The molecule has 1 saturated carbocycles. The van der Waals surface area contributed by atoms with Crippen LogP contribution in [-0.2, 0) is 4.79 Å². The summed E-state index contributed by atoms with van der Waals surface area (Å²) in [6.07, 6.45) is 4.97. The van der Waals surface area contributed by atoms with Crippen LogP contribution in [0.2, 0.25) is 0 Å². The summed E-state index contributed by atoms with van der Waals surface area (Å²) in [6.45, 7) is 2.67. The maximum Gasteiger partial charge on any atom is 0.221 e. The van der Waals surface area contributed by atoms with Crippen LogP contribution in [0.5, 0.6) is 0 Å². The van der Waals surface area contributed by atoms with Crippen molar-refractivity contribution >= 4 is 5.91 Å². The molecular weight excluding hydrogens is 204 g/mol. The quantitative estimate of drug-likeness (QED) is 0.651. The zero-order chi connectivity index (χ0) is 12.0. The Morgan fingerprint density at radius 1 is 1.56 bits per heavy atom. The van der Waals surface area contributed by atoms with Crippen molar-refractivity contribution in [3.63, 3.8) is 0 Å². The molecule has 3 atom stereocenters. The summed E-state index contributed by atoms with van der Waals surface area (Å²) in [7, 11) is 0. The SMILES string of the molecule is CCC(N)CC(=O)NCC1CCCC(O)C1. The van der Waals surface area contributed by atoms with Gasteiger partial charge in [0.05, 0.1) is 6.10 Å². The maximum atomic E-state index is 11.5. The molecule has 0 aromatic heterocycles. The zero-order valence-electron chi connectivity index (χ0n) is 10.1. The van der Waals surface area contributed by atoms with Crippen molar-refractivity contribution in [1.82, 2.24) is 5.32 Å². The minimum absolute atomic E-state index is 0.0306. The fourth-order valence-corrected chi connectivity index (χ4v) is 2.16. The highest BCUT2D eigenvalue weighted by Crippen LogP contribution is 2.23. The third-order valence-corrected chi connectivity index (χ3v) is 3.31. The fourth-order valence-electron chi connectivity index (χ4n) is 2.16. The normalized spacial score (nSPS) is 27.4. The van der Waals surface area contributed by atoms with Crippen LogP contribution in [0.3, 0.4) is 0 Å². The van der Waals surface area contributed by atoms with E-state index in [1.54, 1.807) is 0 Å². The lowest BCUT2D eigenvalue weighted by Crippen LogP contribution is -2.36. The molecule has 1 fully saturated rings. The van der Waals surface area contributed by atoms with Crippen molar-refractivity contribution in [3.8, 4) is 0 Å².